The van der Waals surface area contributed by atoms with Gasteiger partial charge in [0.1, 0.15) is 30.0 Å². The number of halogens is 2. The van der Waals surface area contributed by atoms with Crippen molar-refractivity contribution in [2.24, 2.45) is 11.8 Å². The van der Waals surface area contributed by atoms with Gasteiger partial charge in [-0.05, 0) is 56.6 Å². The lowest BCUT2D eigenvalue weighted by atomic mass is 9.74. The SMILES string of the molecule is O=C1NCC[C@@H]1C[C@H](NC(=O)[C@@H]1C2CCC(CC2)N1C(=O)c1cc2c(F)cc(F)cc2[nH]1)C(=O)CO. The van der Waals surface area contributed by atoms with E-state index in [9.17, 15) is 33.1 Å². The Balaban J connectivity index is 1.41. The Morgan fingerprint density at radius 2 is 1.86 bits per heavy atom. The summed E-state index contributed by atoms with van der Waals surface area (Å²) in [6.07, 6.45) is 3.50. The molecule has 36 heavy (non-hydrogen) atoms. The van der Waals surface area contributed by atoms with Crippen molar-refractivity contribution >= 4 is 34.4 Å². The summed E-state index contributed by atoms with van der Waals surface area (Å²) >= 11 is 0. The zero-order valence-corrected chi connectivity index (χ0v) is 19.6. The number of benzene rings is 1. The molecule has 1 aromatic carbocycles. The average Bonchev–Trinajstić information content (AvgIpc) is 3.48. The maximum Gasteiger partial charge on any atom is 0.271 e. The molecule has 4 aliphatic rings. The number of ketones is 1. The highest BCUT2D eigenvalue weighted by Gasteiger charge is 2.48. The molecule has 4 heterocycles. The third kappa shape index (κ3) is 4.36. The number of aliphatic hydroxyl groups excluding tert-OH is 1. The Labute approximate surface area is 205 Å². The lowest BCUT2D eigenvalue weighted by Gasteiger charge is -2.50. The second kappa shape index (κ2) is 9.61. The fourth-order valence-electron chi connectivity index (χ4n) is 5.99. The van der Waals surface area contributed by atoms with Crippen LogP contribution in [0, 0.1) is 23.5 Å². The van der Waals surface area contributed by atoms with Crippen molar-refractivity contribution in [3.05, 3.63) is 35.5 Å². The Morgan fingerprint density at radius 1 is 1.11 bits per heavy atom. The standard InChI is InChI=1S/C25H28F2N4O5/c26-14-8-17(27)16-10-20(29-18(16)9-14)25(36)31-15-3-1-12(2-4-15)22(31)24(35)30-19(21(33)11-32)7-13-5-6-28-23(13)34/h8-10,12-13,15,19,22,29,32H,1-7,11H2,(H,28,34)(H,30,35)/t12?,13-,15?,19+,22+/m1/s1. The Hall–Kier alpha value is -3.34. The van der Waals surface area contributed by atoms with Gasteiger partial charge in [0.05, 0.1) is 11.6 Å². The molecule has 11 heteroatoms. The zero-order chi connectivity index (χ0) is 25.6. The number of H-pyrrole nitrogens is 1. The molecule has 1 saturated carbocycles. The summed E-state index contributed by atoms with van der Waals surface area (Å²) in [4.78, 5) is 55.9. The number of aliphatic hydroxyl groups is 1. The van der Waals surface area contributed by atoms with Crippen LogP contribution in [-0.4, -0.2) is 69.8 Å². The molecule has 0 radical (unpaired) electrons. The van der Waals surface area contributed by atoms with E-state index in [1.165, 1.54) is 11.0 Å². The Bertz CT molecular complexity index is 1220. The minimum absolute atomic E-state index is 0.0467. The van der Waals surface area contributed by atoms with Crippen LogP contribution in [0.5, 0.6) is 0 Å². The molecule has 6 rings (SSSR count). The van der Waals surface area contributed by atoms with Gasteiger partial charge in [0.25, 0.3) is 5.91 Å². The number of rotatable bonds is 7. The van der Waals surface area contributed by atoms with Gasteiger partial charge in [0, 0.05) is 30.0 Å². The maximum atomic E-state index is 14.2. The molecule has 2 bridgehead atoms. The first-order chi connectivity index (χ1) is 17.3. The van der Waals surface area contributed by atoms with Crippen molar-refractivity contribution in [1.29, 1.82) is 0 Å². The lowest BCUT2D eigenvalue weighted by Crippen LogP contribution is -2.64. The Kier molecular flexibility index (Phi) is 6.50. The molecule has 2 aromatic rings. The van der Waals surface area contributed by atoms with E-state index < -0.39 is 53.8 Å². The average molecular weight is 503 g/mol. The van der Waals surface area contributed by atoms with Crippen molar-refractivity contribution in [3.63, 3.8) is 0 Å². The number of nitrogens with zero attached hydrogens (tertiary/aromatic N) is 1. The number of piperidine rings is 2. The molecule has 192 valence electrons. The molecule has 4 fully saturated rings. The quantitative estimate of drug-likeness (QED) is 0.455. The van der Waals surface area contributed by atoms with Crippen LogP contribution in [-0.2, 0) is 14.4 Å². The first-order valence-corrected chi connectivity index (χ1v) is 12.3. The van der Waals surface area contributed by atoms with Crippen LogP contribution in [0.15, 0.2) is 18.2 Å². The summed E-state index contributed by atoms with van der Waals surface area (Å²) < 4.78 is 27.9. The molecule has 4 N–H and O–H groups in total. The van der Waals surface area contributed by atoms with Crippen LogP contribution in [0.4, 0.5) is 8.78 Å². The van der Waals surface area contributed by atoms with Crippen molar-refractivity contribution in [1.82, 2.24) is 20.5 Å². The van der Waals surface area contributed by atoms with Crippen molar-refractivity contribution in [2.75, 3.05) is 13.2 Å². The van der Waals surface area contributed by atoms with Gasteiger partial charge in [0.2, 0.25) is 11.8 Å². The molecule has 0 unspecified atom stereocenters. The third-order valence-electron chi connectivity index (χ3n) is 7.81. The number of nitrogens with one attached hydrogen (secondary N) is 3. The molecule has 3 aliphatic heterocycles. The minimum atomic E-state index is -1.06. The number of aromatic nitrogens is 1. The van der Waals surface area contributed by atoms with Crippen molar-refractivity contribution in [3.8, 4) is 0 Å². The van der Waals surface area contributed by atoms with Gasteiger partial charge in [-0.25, -0.2) is 8.78 Å². The van der Waals surface area contributed by atoms with Gasteiger partial charge in [-0.1, -0.05) is 0 Å². The van der Waals surface area contributed by atoms with Gasteiger partial charge in [0.15, 0.2) is 5.78 Å². The normalized spacial score (nSPS) is 26.2. The van der Waals surface area contributed by atoms with E-state index >= 15 is 0 Å². The van der Waals surface area contributed by atoms with E-state index in [1.54, 1.807) is 0 Å². The smallest absolute Gasteiger partial charge is 0.271 e. The van der Waals surface area contributed by atoms with Crippen LogP contribution >= 0.6 is 0 Å². The first kappa shape index (κ1) is 24.4. The van der Waals surface area contributed by atoms with E-state index in [4.69, 9.17) is 0 Å². The van der Waals surface area contributed by atoms with Crippen LogP contribution in [0.1, 0.15) is 49.0 Å². The summed E-state index contributed by atoms with van der Waals surface area (Å²) in [6, 6.07) is 1.04. The van der Waals surface area contributed by atoms with Crippen molar-refractivity contribution in [2.45, 2.75) is 56.7 Å². The summed E-state index contributed by atoms with van der Waals surface area (Å²) in [6.45, 7) is -0.295. The van der Waals surface area contributed by atoms with E-state index in [1.807, 2.05) is 0 Å². The number of carbonyl (C=O) groups is 4. The van der Waals surface area contributed by atoms with E-state index in [2.05, 4.69) is 15.6 Å². The highest BCUT2D eigenvalue weighted by Crippen LogP contribution is 2.41. The van der Waals surface area contributed by atoms with Crippen LogP contribution < -0.4 is 10.6 Å². The van der Waals surface area contributed by atoms with E-state index in [0.29, 0.717) is 25.8 Å². The maximum absolute atomic E-state index is 14.2. The Morgan fingerprint density at radius 3 is 2.53 bits per heavy atom. The topological polar surface area (TPSA) is 132 Å². The fourth-order valence-corrected chi connectivity index (χ4v) is 5.99. The number of hydrogen-bond acceptors (Lipinski definition) is 5. The summed E-state index contributed by atoms with van der Waals surface area (Å²) in [5, 5.41) is 14.9. The molecule has 3 saturated heterocycles. The fraction of sp³-hybridized carbons (Fsp3) is 0.520. The molecular formula is C25H28F2N4O5. The van der Waals surface area contributed by atoms with E-state index in [0.717, 1.165) is 25.0 Å². The predicted molar refractivity (Wildman–Crippen MR) is 124 cm³/mol. The van der Waals surface area contributed by atoms with Crippen LogP contribution in [0.2, 0.25) is 0 Å². The largest absolute Gasteiger partial charge is 0.389 e. The van der Waals surface area contributed by atoms with Crippen LogP contribution in [0.3, 0.4) is 0 Å². The third-order valence-corrected chi connectivity index (χ3v) is 7.81. The number of carbonyl (C=O) groups excluding carboxylic acids is 4. The molecule has 0 spiro atoms. The molecule has 3 atom stereocenters. The number of Topliss-reactive ketones (excluding diaryl/α,β-unsaturated/α-hetero) is 1. The van der Waals surface area contributed by atoms with Gasteiger partial charge in [-0.15, -0.1) is 0 Å². The van der Waals surface area contributed by atoms with Gasteiger partial charge >= 0.3 is 0 Å². The second-order valence-corrected chi connectivity index (χ2v) is 9.96. The summed E-state index contributed by atoms with van der Waals surface area (Å²) in [5.41, 5.74) is 0.188. The molecule has 3 amide bonds. The first-order valence-electron chi connectivity index (χ1n) is 12.3. The minimum Gasteiger partial charge on any atom is -0.389 e. The molecular weight excluding hydrogens is 474 g/mol. The van der Waals surface area contributed by atoms with Gasteiger partial charge in [-0.3, -0.25) is 19.2 Å². The highest BCUT2D eigenvalue weighted by molar-refractivity contribution is 6.01. The number of amides is 3. The lowest BCUT2D eigenvalue weighted by molar-refractivity contribution is -0.137. The highest BCUT2D eigenvalue weighted by atomic mass is 19.1. The summed E-state index contributed by atoms with van der Waals surface area (Å²) in [7, 11) is 0. The number of fused-ring (bicyclic) bond motifs is 4. The predicted octanol–water partition coefficient (Wildman–Crippen LogP) is 1.40. The zero-order valence-electron chi connectivity index (χ0n) is 19.6. The van der Waals surface area contributed by atoms with Crippen molar-refractivity contribution < 1.29 is 33.1 Å². The monoisotopic (exact) mass is 502 g/mol. The number of aromatic amines is 1. The molecule has 9 nitrogen and oxygen atoms in total. The van der Waals surface area contributed by atoms with Gasteiger partial charge < -0.3 is 25.6 Å². The molecule has 1 aliphatic carbocycles. The van der Waals surface area contributed by atoms with E-state index in [-0.39, 0.29) is 40.9 Å². The van der Waals surface area contributed by atoms with Crippen LogP contribution in [0.25, 0.3) is 10.9 Å². The second-order valence-electron chi connectivity index (χ2n) is 9.96. The van der Waals surface area contributed by atoms with Gasteiger partial charge in [-0.2, -0.15) is 0 Å². The molecule has 1 aromatic heterocycles. The summed E-state index contributed by atoms with van der Waals surface area (Å²) in [5.74, 6) is -3.96. The number of hydrogen-bond donors (Lipinski definition) is 4.